The summed E-state index contributed by atoms with van der Waals surface area (Å²) in [6.45, 7) is 7.47. The van der Waals surface area contributed by atoms with Crippen LogP contribution in [-0.4, -0.2) is 41.3 Å². The second kappa shape index (κ2) is 6.10. The summed E-state index contributed by atoms with van der Waals surface area (Å²) in [7, 11) is 2.18. The Balaban J connectivity index is 2.16. The minimum Gasteiger partial charge on any atom is -0.348 e. The Hall–Kier alpha value is -0.800. The maximum atomic E-state index is 11.8. The van der Waals surface area contributed by atoms with Gasteiger partial charge >= 0.3 is 0 Å². The SMILES string of the molecule is Cc1cc(C(=O)CCl)c(C)n1CC1CCCN(C)C1. The molecule has 1 aliphatic rings. The molecule has 3 nitrogen and oxygen atoms in total. The van der Waals surface area contributed by atoms with Crippen molar-refractivity contribution in [3.63, 3.8) is 0 Å². The summed E-state index contributed by atoms with van der Waals surface area (Å²) in [5.41, 5.74) is 3.02. The van der Waals surface area contributed by atoms with Crippen molar-refractivity contribution in [1.82, 2.24) is 9.47 Å². The van der Waals surface area contributed by atoms with E-state index in [1.165, 1.54) is 25.1 Å². The van der Waals surface area contributed by atoms with E-state index in [1.807, 2.05) is 13.0 Å². The number of aromatic nitrogens is 1. The highest BCUT2D eigenvalue weighted by molar-refractivity contribution is 6.30. The van der Waals surface area contributed by atoms with Gasteiger partial charge in [0, 0.05) is 30.0 Å². The Morgan fingerprint density at radius 1 is 1.47 bits per heavy atom. The van der Waals surface area contributed by atoms with E-state index in [1.54, 1.807) is 0 Å². The summed E-state index contributed by atoms with van der Waals surface area (Å²) in [6.07, 6.45) is 2.55. The number of likely N-dealkylation sites (tertiary alicyclic amines) is 1. The Morgan fingerprint density at radius 3 is 2.84 bits per heavy atom. The van der Waals surface area contributed by atoms with Crippen LogP contribution in [0.3, 0.4) is 0 Å². The lowest BCUT2D eigenvalue weighted by atomic mass is 9.98. The van der Waals surface area contributed by atoms with Crippen LogP contribution in [0.5, 0.6) is 0 Å². The molecule has 1 aromatic heterocycles. The predicted octanol–water partition coefficient (Wildman–Crippen LogP) is 2.87. The summed E-state index contributed by atoms with van der Waals surface area (Å²) in [5.74, 6) is 0.778. The maximum Gasteiger partial charge on any atom is 0.179 e. The zero-order valence-corrected chi connectivity index (χ0v) is 12.8. The van der Waals surface area contributed by atoms with Gasteiger partial charge in [0.25, 0.3) is 0 Å². The normalized spacial score (nSPS) is 20.7. The molecule has 1 atom stereocenters. The molecule has 2 rings (SSSR count). The number of carbonyl (C=O) groups excluding carboxylic acids is 1. The van der Waals surface area contributed by atoms with Crippen molar-refractivity contribution in [2.75, 3.05) is 26.0 Å². The largest absolute Gasteiger partial charge is 0.348 e. The number of hydrogen-bond acceptors (Lipinski definition) is 2. The maximum absolute atomic E-state index is 11.8. The van der Waals surface area contributed by atoms with Crippen molar-refractivity contribution in [1.29, 1.82) is 0 Å². The summed E-state index contributed by atoms with van der Waals surface area (Å²) in [6, 6.07) is 1.98. The second-order valence-corrected chi connectivity index (χ2v) is 5.99. The molecule has 1 aliphatic heterocycles. The molecule has 0 spiro atoms. The summed E-state index contributed by atoms with van der Waals surface area (Å²) < 4.78 is 2.28. The summed E-state index contributed by atoms with van der Waals surface area (Å²) in [5, 5.41) is 0. The van der Waals surface area contributed by atoms with Crippen molar-refractivity contribution < 1.29 is 4.79 Å². The van der Waals surface area contributed by atoms with Crippen molar-refractivity contribution in [3.8, 4) is 0 Å². The molecule has 1 saturated heterocycles. The van der Waals surface area contributed by atoms with Gasteiger partial charge in [-0.3, -0.25) is 4.79 Å². The van der Waals surface area contributed by atoms with Gasteiger partial charge in [0.05, 0.1) is 5.88 Å². The van der Waals surface area contributed by atoms with Gasteiger partial charge in [-0.15, -0.1) is 11.6 Å². The first-order valence-electron chi connectivity index (χ1n) is 6.97. The number of aryl methyl sites for hydroxylation is 1. The monoisotopic (exact) mass is 282 g/mol. The van der Waals surface area contributed by atoms with Crippen molar-refractivity contribution in [3.05, 3.63) is 23.0 Å². The molecule has 0 aliphatic carbocycles. The minimum absolute atomic E-state index is 0.0294. The highest BCUT2D eigenvalue weighted by Gasteiger charge is 2.21. The van der Waals surface area contributed by atoms with E-state index in [9.17, 15) is 4.79 Å². The lowest BCUT2D eigenvalue weighted by Gasteiger charge is -2.30. The lowest BCUT2D eigenvalue weighted by molar-refractivity contribution is 0.102. The number of ketones is 1. The van der Waals surface area contributed by atoms with Gasteiger partial charge in [0.2, 0.25) is 0 Å². The molecular weight excluding hydrogens is 260 g/mol. The molecule has 106 valence electrons. The molecule has 1 fully saturated rings. The topological polar surface area (TPSA) is 25.2 Å². The van der Waals surface area contributed by atoms with E-state index in [-0.39, 0.29) is 11.7 Å². The number of carbonyl (C=O) groups is 1. The van der Waals surface area contributed by atoms with E-state index < -0.39 is 0 Å². The number of piperidine rings is 1. The van der Waals surface area contributed by atoms with Crippen molar-refractivity contribution in [2.45, 2.75) is 33.2 Å². The third-order valence-electron chi connectivity index (χ3n) is 4.16. The Bertz CT molecular complexity index is 467. The number of Topliss-reactive ketones (excluding diaryl/α,β-unsaturated/α-hetero) is 1. The fraction of sp³-hybridized carbons (Fsp3) is 0.667. The van der Waals surface area contributed by atoms with Crippen LogP contribution >= 0.6 is 11.6 Å². The third-order valence-corrected chi connectivity index (χ3v) is 4.40. The van der Waals surface area contributed by atoms with Crippen molar-refractivity contribution in [2.24, 2.45) is 5.92 Å². The Kier molecular flexibility index (Phi) is 4.69. The fourth-order valence-corrected chi connectivity index (χ4v) is 3.26. The van der Waals surface area contributed by atoms with Crippen LogP contribution in [0.15, 0.2) is 6.07 Å². The lowest BCUT2D eigenvalue weighted by Crippen LogP contribution is -2.34. The highest BCUT2D eigenvalue weighted by atomic mass is 35.5. The Labute approximate surface area is 120 Å². The minimum atomic E-state index is 0.0294. The third kappa shape index (κ3) is 3.21. The van der Waals surface area contributed by atoms with Crippen molar-refractivity contribution >= 4 is 17.4 Å². The van der Waals surface area contributed by atoms with Gasteiger partial charge in [-0.2, -0.15) is 0 Å². The average Bonchev–Trinajstić information content (AvgIpc) is 2.66. The van der Waals surface area contributed by atoms with Crippen LogP contribution in [0.25, 0.3) is 0 Å². The number of nitrogens with zero attached hydrogens (tertiary/aromatic N) is 2. The Morgan fingerprint density at radius 2 is 2.21 bits per heavy atom. The zero-order chi connectivity index (χ0) is 14.0. The molecule has 0 bridgehead atoms. The van der Waals surface area contributed by atoms with Gasteiger partial charge in [0.1, 0.15) is 0 Å². The second-order valence-electron chi connectivity index (χ2n) is 5.72. The van der Waals surface area contributed by atoms with Gasteiger partial charge in [0.15, 0.2) is 5.78 Å². The molecule has 1 aromatic rings. The van der Waals surface area contributed by atoms with Gasteiger partial charge in [-0.1, -0.05) is 0 Å². The van der Waals surface area contributed by atoms with E-state index in [0.29, 0.717) is 5.92 Å². The number of hydrogen-bond donors (Lipinski definition) is 0. The van der Waals surface area contributed by atoms with Crippen LogP contribution in [0, 0.1) is 19.8 Å². The first kappa shape index (κ1) is 14.6. The van der Waals surface area contributed by atoms with E-state index in [0.717, 1.165) is 24.3 Å². The van der Waals surface area contributed by atoms with E-state index in [2.05, 4.69) is 23.4 Å². The summed E-state index contributed by atoms with van der Waals surface area (Å²) >= 11 is 5.67. The first-order chi connectivity index (χ1) is 9.02. The van der Waals surface area contributed by atoms with Crippen LogP contribution < -0.4 is 0 Å². The molecule has 2 heterocycles. The predicted molar refractivity (Wildman–Crippen MR) is 79.2 cm³/mol. The quantitative estimate of drug-likeness (QED) is 0.627. The zero-order valence-electron chi connectivity index (χ0n) is 12.1. The van der Waals surface area contributed by atoms with Crippen LogP contribution in [0.2, 0.25) is 0 Å². The van der Waals surface area contributed by atoms with Gasteiger partial charge < -0.3 is 9.47 Å². The molecule has 19 heavy (non-hydrogen) atoms. The van der Waals surface area contributed by atoms with Crippen LogP contribution in [0.1, 0.15) is 34.6 Å². The molecule has 0 radical (unpaired) electrons. The average molecular weight is 283 g/mol. The molecule has 0 amide bonds. The molecule has 0 aromatic carbocycles. The number of halogens is 1. The molecule has 0 N–H and O–H groups in total. The molecule has 1 unspecified atom stereocenters. The first-order valence-corrected chi connectivity index (χ1v) is 7.50. The number of alkyl halides is 1. The number of rotatable bonds is 4. The molecule has 0 saturated carbocycles. The molecule has 4 heteroatoms. The van der Waals surface area contributed by atoms with Gasteiger partial charge in [-0.05, 0) is 52.3 Å². The van der Waals surface area contributed by atoms with E-state index >= 15 is 0 Å². The standard InChI is InChI=1S/C15H23ClN2O/c1-11-7-14(15(19)8-16)12(2)18(11)10-13-5-4-6-17(3)9-13/h7,13H,4-6,8-10H2,1-3H3. The summed E-state index contributed by atoms with van der Waals surface area (Å²) in [4.78, 5) is 14.2. The van der Waals surface area contributed by atoms with Crippen LogP contribution in [0.4, 0.5) is 0 Å². The van der Waals surface area contributed by atoms with Crippen LogP contribution in [-0.2, 0) is 6.54 Å². The van der Waals surface area contributed by atoms with Gasteiger partial charge in [-0.25, -0.2) is 0 Å². The highest BCUT2D eigenvalue weighted by Crippen LogP contribution is 2.22. The fourth-order valence-electron chi connectivity index (χ4n) is 3.12. The smallest absolute Gasteiger partial charge is 0.179 e. The molecular formula is C15H23ClN2O. The van der Waals surface area contributed by atoms with E-state index in [4.69, 9.17) is 11.6 Å².